The van der Waals surface area contributed by atoms with Gasteiger partial charge in [0.05, 0.1) is 11.4 Å². The SMILES string of the molecule is CC(C(=O)NCCS(=O)(=O)N(C)c1ccccc1)C1CC1. The van der Waals surface area contributed by atoms with Gasteiger partial charge in [-0.3, -0.25) is 9.10 Å². The highest BCUT2D eigenvalue weighted by atomic mass is 32.2. The number of nitrogens with zero attached hydrogens (tertiary/aromatic N) is 1. The molecule has 0 aliphatic heterocycles. The second-order valence-electron chi connectivity index (χ2n) is 5.54. The van der Waals surface area contributed by atoms with Gasteiger partial charge in [0.25, 0.3) is 0 Å². The summed E-state index contributed by atoms with van der Waals surface area (Å²) < 4.78 is 25.7. The molecule has 1 aliphatic carbocycles. The highest BCUT2D eigenvalue weighted by Crippen LogP contribution is 2.36. The van der Waals surface area contributed by atoms with E-state index in [1.54, 1.807) is 24.3 Å². The van der Waals surface area contributed by atoms with Crippen molar-refractivity contribution in [1.82, 2.24) is 5.32 Å². The third kappa shape index (κ3) is 4.20. The Labute approximate surface area is 126 Å². The Morgan fingerprint density at radius 2 is 1.95 bits per heavy atom. The zero-order valence-electron chi connectivity index (χ0n) is 12.5. The van der Waals surface area contributed by atoms with Gasteiger partial charge in [0, 0.05) is 19.5 Å². The lowest BCUT2D eigenvalue weighted by atomic mass is 10.1. The Bertz CT molecular complexity index is 582. The van der Waals surface area contributed by atoms with Gasteiger partial charge in [-0.25, -0.2) is 8.42 Å². The Balaban J connectivity index is 1.85. The number of para-hydroxylation sites is 1. The van der Waals surface area contributed by atoms with Crippen LogP contribution in [0.15, 0.2) is 30.3 Å². The van der Waals surface area contributed by atoms with Crippen LogP contribution in [0.2, 0.25) is 0 Å². The van der Waals surface area contributed by atoms with Crippen LogP contribution in [0.4, 0.5) is 5.69 Å². The number of anilines is 1. The van der Waals surface area contributed by atoms with E-state index in [4.69, 9.17) is 0 Å². The van der Waals surface area contributed by atoms with Crippen LogP contribution in [-0.2, 0) is 14.8 Å². The van der Waals surface area contributed by atoms with Crippen LogP contribution >= 0.6 is 0 Å². The largest absolute Gasteiger partial charge is 0.355 e. The number of carbonyl (C=O) groups is 1. The molecule has 116 valence electrons. The molecule has 21 heavy (non-hydrogen) atoms. The van der Waals surface area contributed by atoms with Crippen molar-refractivity contribution in [3.8, 4) is 0 Å². The molecule has 0 bridgehead atoms. The lowest BCUT2D eigenvalue weighted by Crippen LogP contribution is -2.37. The first-order chi connectivity index (χ1) is 9.92. The van der Waals surface area contributed by atoms with E-state index in [0.717, 1.165) is 12.8 Å². The van der Waals surface area contributed by atoms with Crippen LogP contribution in [0, 0.1) is 11.8 Å². The van der Waals surface area contributed by atoms with Crippen LogP contribution in [0.25, 0.3) is 0 Å². The molecule has 5 nitrogen and oxygen atoms in total. The van der Waals surface area contributed by atoms with E-state index >= 15 is 0 Å². The van der Waals surface area contributed by atoms with Crippen molar-refractivity contribution in [3.05, 3.63) is 30.3 Å². The molecule has 1 aromatic rings. The van der Waals surface area contributed by atoms with Gasteiger partial charge < -0.3 is 5.32 Å². The van der Waals surface area contributed by atoms with Gasteiger partial charge in [0.1, 0.15) is 0 Å². The second kappa shape index (κ2) is 6.47. The molecule has 1 aliphatic rings. The van der Waals surface area contributed by atoms with Gasteiger partial charge in [0.15, 0.2) is 0 Å². The third-order valence-corrected chi connectivity index (χ3v) is 5.70. The molecule has 6 heteroatoms. The molecule has 1 fully saturated rings. The van der Waals surface area contributed by atoms with Crippen molar-refractivity contribution in [3.63, 3.8) is 0 Å². The van der Waals surface area contributed by atoms with Crippen LogP contribution < -0.4 is 9.62 Å². The van der Waals surface area contributed by atoms with E-state index in [-0.39, 0.29) is 24.1 Å². The van der Waals surface area contributed by atoms with Crippen molar-refractivity contribution in [1.29, 1.82) is 0 Å². The summed E-state index contributed by atoms with van der Waals surface area (Å²) in [6.45, 7) is 2.05. The number of sulfonamides is 1. The average Bonchev–Trinajstić information content (AvgIpc) is 3.31. The van der Waals surface area contributed by atoms with Crippen LogP contribution in [-0.4, -0.2) is 33.7 Å². The quantitative estimate of drug-likeness (QED) is 0.832. The molecule has 0 aromatic heterocycles. The van der Waals surface area contributed by atoms with Gasteiger partial charge in [-0.15, -0.1) is 0 Å². The molecule has 0 radical (unpaired) electrons. The summed E-state index contributed by atoms with van der Waals surface area (Å²) in [4.78, 5) is 11.8. The number of benzene rings is 1. The van der Waals surface area contributed by atoms with Crippen molar-refractivity contribution in [2.24, 2.45) is 11.8 Å². The highest BCUT2D eigenvalue weighted by molar-refractivity contribution is 7.92. The van der Waals surface area contributed by atoms with E-state index in [1.807, 2.05) is 13.0 Å². The smallest absolute Gasteiger partial charge is 0.236 e. The highest BCUT2D eigenvalue weighted by Gasteiger charge is 2.32. The summed E-state index contributed by atoms with van der Waals surface area (Å²) in [7, 11) is -1.89. The maximum absolute atomic E-state index is 12.2. The molecular weight excluding hydrogens is 288 g/mol. The van der Waals surface area contributed by atoms with Gasteiger partial charge in [0.2, 0.25) is 15.9 Å². The van der Waals surface area contributed by atoms with E-state index in [0.29, 0.717) is 11.6 Å². The predicted octanol–water partition coefficient (Wildman–Crippen LogP) is 1.61. The topological polar surface area (TPSA) is 66.5 Å². The molecule has 1 atom stereocenters. The summed E-state index contributed by atoms with van der Waals surface area (Å²) in [5, 5.41) is 2.72. The van der Waals surface area contributed by atoms with Crippen LogP contribution in [0.3, 0.4) is 0 Å². The first-order valence-electron chi connectivity index (χ1n) is 7.21. The monoisotopic (exact) mass is 310 g/mol. The molecule has 0 spiro atoms. The lowest BCUT2D eigenvalue weighted by molar-refractivity contribution is -0.124. The van der Waals surface area contributed by atoms with Crippen molar-refractivity contribution < 1.29 is 13.2 Å². The van der Waals surface area contributed by atoms with E-state index in [2.05, 4.69) is 5.32 Å². The van der Waals surface area contributed by atoms with Crippen molar-refractivity contribution in [2.75, 3.05) is 23.7 Å². The van der Waals surface area contributed by atoms with Crippen molar-refractivity contribution in [2.45, 2.75) is 19.8 Å². The minimum atomic E-state index is -3.42. The number of hydrogen-bond donors (Lipinski definition) is 1. The van der Waals surface area contributed by atoms with Crippen LogP contribution in [0.5, 0.6) is 0 Å². The minimum Gasteiger partial charge on any atom is -0.355 e. The average molecular weight is 310 g/mol. The number of hydrogen-bond acceptors (Lipinski definition) is 3. The zero-order chi connectivity index (χ0) is 15.5. The van der Waals surface area contributed by atoms with Gasteiger partial charge in [-0.2, -0.15) is 0 Å². The number of amides is 1. The predicted molar refractivity (Wildman–Crippen MR) is 83.5 cm³/mol. The number of rotatable bonds is 7. The standard InChI is InChI=1S/C15H22N2O3S/c1-12(13-8-9-13)15(18)16-10-11-21(19,20)17(2)14-6-4-3-5-7-14/h3-7,12-13H,8-11H2,1-2H3,(H,16,18). The maximum Gasteiger partial charge on any atom is 0.236 e. The fraction of sp³-hybridized carbons (Fsp3) is 0.533. The zero-order valence-corrected chi connectivity index (χ0v) is 13.3. The molecular formula is C15H22N2O3S. The first-order valence-corrected chi connectivity index (χ1v) is 8.82. The summed E-state index contributed by atoms with van der Waals surface area (Å²) in [5.74, 6) is 0.324. The van der Waals surface area contributed by atoms with Gasteiger partial charge >= 0.3 is 0 Å². The van der Waals surface area contributed by atoms with Gasteiger partial charge in [-0.1, -0.05) is 25.1 Å². The number of nitrogens with one attached hydrogen (secondary N) is 1. The molecule has 0 saturated heterocycles. The normalized spacial score (nSPS) is 16.3. The molecule has 1 N–H and O–H groups in total. The molecule has 1 amide bonds. The molecule has 0 heterocycles. The first kappa shape index (κ1) is 15.8. The Hall–Kier alpha value is -1.56. The fourth-order valence-corrected chi connectivity index (χ4v) is 3.29. The summed E-state index contributed by atoms with van der Waals surface area (Å²) >= 11 is 0. The third-order valence-electron chi connectivity index (χ3n) is 3.94. The Kier molecular flexibility index (Phi) is 4.88. The number of carbonyl (C=O) groups excluding carboxylic acids is 1. The maximum atomic E-state index is 12.2. The Morgan fingerprint density at radius 3 is 2.52 bits per heavy atom. The second-order valence-corrected chi connectivity index (χ2v) is 7.66. The molecule has 1 unspecified atom stereocenters. The molecule has 2 rings (SSSR count). The van der Waals surface area contributed by atoms with Crippen molar-refractivity contribution >= 4 is 21.6 Å². The summed E-state index contributed by atoms with van der Waals surface area (Å²) in [6, 6.07) is 8.90. The van der Waals surface area contributed by atoms with E-state index in [1.165, 1.54) is 11.4 Å². The lowest BCUT2D eigenvalue weighted by Gasteiger charge is -2.19. The van der Waals surface area contributed by atoms with Crippen LogP contribution in [0.1, 0.15) is 19.8 Å². The summed E-state index contributed by atoms with van der Waals surface area (Å²) in [6.07, 6.45) is 2.20. The Morgan fingerprint density at radius 1 is 1.33 bits per heavy atom. The van der Waals surface area contributed by atoms with E-state index in [9.17, 15) is 13.2 Å². The van der Waals surface area contributed by atoms with E-state index < -0.39 is 10.0 Å². The fourth-order valence-electron chi connectivity index (χ4n) is 2.21. The summed E-state index contributed by atoms with van der Waals surface area (Å²) in [5.41, 5.74) is 0.621. The minimum absolute atomic E-state index is 0.0143. The van der Waals surface area contributed by atoms with Gasteiger partial charge in [-0.05, 0) is 30.9 Å². The molecule has 1 saturated carbocycles. The molecule has 1 aromatic carbocycles.